The quantitative estimate of drug-likeness (QED) is 0.744. The number of aryl methyl sites for hydroxylation is 2. The molecule has 1 amide bonds. The van der Waals surface area contributed by atoms with Crippen LogP contribution in [0.15, 0.2) is 36.5 Å². The number of carbonyl (C=O) groups excluding carboxylic acids is 1. The highest BCUT2D eigenvalue weighted by molar-refractivity contribution is 6.06. The van der Waals surface area contributed by atoms with Crippen molar-refractivity contribution in [1.82, 2.24) is 20.2 Å². The topological polar surface area (TPSA) is 83.6 Å². The Balaban J connectivity index is 1.90. The SMILES string of the molecule is Cc1ccnc(-c2cccc(NC(=O)c3c(C(F)(F)F)n[nH]c3C)c2)n1. The number of aromatic amines is 1. The lowest BCUT2D eigenvalue weighted by atomic mass is 10.1. The zero-order valence-electron chi connectivity index (χ0n) is 13.8. The lowest BCUT2D eigenvalue weighted by Gasteiger charge is -2.09. The smallest absolute Gasteiger partial charge is 0.322 e. The molecule has 2 aromatic heterocycles. The Kier molecular flexibility index (Phi) is 4.45. The van der Waals surface area contributed by atoms with E-state index >= 15 is 0 Å². The molecule has 6 nitrogen and oxygen atoms in total. The largest absolute Gasteiger partial charge is 0.435 e. The summed E-state index contributed by atoms with van der Waals surface area (Å²) < 4.78 is 39.0. The van der Waals surface area contributed by atoms with E-state index in [-0.39, 0.29) is 5.69 Å². The molecule has 0 saturated heterocycles. The van der Waals surface area contributed by atoms with Crippen molar-refractivity contribution in [3.63, 3.8) is 0 Å². The van der Waals surface area contributed by atoms with Gasteiger partial charge in [-0.2, -0.15) is 18.3 Å². The zero-order chi connectivity index (χ0) is 18.9. The number of halogens is 3. The van der Waals surface area contributed by atoms with Crippen LogP contribution in [0.1, 0.15) is 27.4 Å². The van der Waals surface area contributed by atoms with Gasteiger partial charge in [0.1, 0.15) is 0 Å². The lowest BCUT2D eigenvalue weighted by Crippen LogP contribution is -2.18. The summed E-state index contributed by atoms with van der Waals surface area (Å²) in [4.78, 5) is 20.8. The predicted molar refractivity (Wildman–Crippen MR) is 88.5 cm³/mol. The number of nitrogens with one attached hydrogen (secondary N) is 2. The average Bonchev–Trinajstić information content (AvgIpc) is 2.97. The second-order valence-corrected chi connectivity index (χ2v) is 5.63. The summed E-state index contributed by atoms with van der Waals surface area (Å²) in [5, 5.41) is 7.86. The first-order valence-electron chi connectivity index (χ1n) is 7.59. The predicted octanol–water partition coefficient (Wildman–Crippen LogP) is 3.75. The van der Waals surface area contributed by atoms with E-state index in [9.17, 15) is 18.0 Å². The fourth-order valence-corrected chi connectivity index (χ4v) is 2.43. The molecule has 2 heterocycles. The number of aromatic nitrogens is 4. The molecule has 0 radical (unpaired) electrons. The monoisotopic (exact) mass is 361 g/mol. The van der Waals surface area contributed by atoms with Gasteiger partial charge in [-0.05, 0) is 32.0 Å². The summed E-state index contributed by atoms with van der Waals surface area (Å²) in [7, 11) is 0. The molecule has 3 rings (SSSR count). The molecule has 1 aromatic carbocycles. The van der Waals surface area contributed by atoms with Gasteiger partial charge in [0.2, 0.25) is 0 Å². The first kappa shape index (κ1) is 17.6. The molecule has 0 saturated carbocycles. The number of anilines is 1. The Labute approximate surface area is 146 Å². The van der Waals surface area contributed by atoms with Crippen LogP contribution in [0, 0.1) is 13.8 Å². The molecule has 26 heavy (non-hydrogen) atoms. The van der Waals surface area contributed by atoms with Crippen molar-refractivity contribution in [1.29, 1.82) is 0 Å². The normalized spacial score (nSPS) is 11.4. The zero-order valence-corrected chi connectivity index (χ0v) is 13.8. The van der Waals surface area contributed by atoms with Crippen LogP contribution in [0.5, 0.6) is 0 Å². The summed E-state index contributed by atoms with van der Waals surface area (Å²) in [5.41, 5.74) is -0.0144. The van der Waals surface area contributed by atoms with Gasteiger partial charge in [-0.15, -0.1) is 0 Å². The van der Waals surface area contributed by atoms with Crippen molar-refractivity contribution < 1.29 is 18.0 Å². The maximum Gasteiger partial charge on any atom is 0.435 e. The van der Waals surface area contributed by atoms with Gasteiger partial charge >= 0.3 is 6.18 Å². The number of hydrogen-bond acceptors (Lipinski definition) is 4. The van der Waals surface area contributed by atoms with E-state index in [1.54, 1.807) is 36.5 Å². The molecule has 0 spiro atoms. The Morgan fingerprint density at radius 2 is 1.96 bits per heavy atom. The minimum Gasteiger partial charge on any atom is -0.322 e. The van der Waals surface area contributed by atoms with E-state index in [2.05, 4.69) is 25.5 Å². The van der Waals surface area contributed by atoms with Gasteiger partial charge in [0.05, 0.1) is 5.56 Å². The van der Waals surface area contributed by atoms with Gasteiger partial charge in [-0.25, -0.2) is 9.97 Å². The molecule has 0 aliphatic rings. The Bertz CT molecular complexity index is 965. The lowest BCUT2D eigenvalue weighted by molar-refractivity contribution is -0.141. The third-order valence-electron chi connectivity index (χ3n) is 3.62. The van der Waals surface area contributed by atoms with Crippen molar-refractivity contribution in [2.45, 2.75) is 20.0 Å². The summed E-state index contributed by atoms with van der Waals surface area (Å²) in [5.74, 6) is -0.442. The Hall–Kier alpha value is -3.23. The number of H-pyrrole nitrogens is 1. The maximum atomic E-state index is 13.0. The number of amides is 1. The molecular weight excluding hydrogens is 347 g/mol. The van der Waals surface area contributed by atoms with Crippen molar-refractivity contribution in [3.05, 3.63) is 59.2 Å². The molecule has 0 fully saturated rings. The number of hydrogen-bond donors (Lipinski definition) is 2. The highest BCUT2D eigenvalue weighted by Gasteiger charge is 2.39. The van der Waals surface area contributed by atoms with Crippen molar-refractivity contribution in [2.75, 3.05) is 5.32 Å². The van der Waals surface area contributed by atoms with Crippen molar-refractivity contribution in [3.8, 4) is 11.4 Å². The summed E-state index contributed by atoms with van der Waals surface area (Å²) in [6.07, 6.45) is -3.12. The minimum atomic E-state index is -4.73. The van der Waals surface area contributed by atoms with Crippen LogP contribution in [-0.2, 0) is 6.18 Å². The van der Waals surface area contributed by atoms with Gasteiger partial charge in [-0.1, -0.05) is 12.1 Å². The summed E-state index contributed by atoms with van der Waals surface area (Å²) >= 11 is 0. The number of nitrogens with zero attached hydrogens (tertiary/aromatic N) is 3. The third-order valence-corrected chi connectivity index (χ3v) is 3.62. The summed E-state index contributed by atoms with van der Waals surface area (Å²) in [6.45, 7) is 3.17. The van der Waals surface area contributed by atoms with E-state index in [0.717, 1.165) is 5.69 Å². The van der Waals surface area contributed by atoms with Gasteiger partial charge in [-0.3, -0.25) is 9.89 Å². The fourth-order valence-electron chi connectivity index (χ4n) is 2.43. The van der Waals surface area contributed by atoms with Gasteiger partial charge < -0.3 is 5.32 Å². The van der Waals surface area contributed by atoms with Crippen LogP contribution >= 0.6 is 0 Å². The Morgan fingerprint density at radius 1 is 1.19 bits per heavy atom. The fraction of sp³-hybridized carbons (Fsp3) is 0.176. The third kappa shape index (κ3) is 3.56. The molecule has 0 aliphatic heterocycles. The van der Waals surface area contributed by atoms with Crippen LogP contribution in [0.2, 0.25) is 0 Å². The van der Waals surface area contributed by atoms with Crippen LogP contribution in [0.4, 0.5) is 18.9 Å². The molecule has 0 unspecified atom stereocenters. The van der Waals surface area contributed by atoms with Gasteiger partial charge in [0.25, 0.3) is 5.91 Å². The molecule has 0 bridgehead atoms. The summed E-state index contributed by atoms with van der Waals surface area (Å²) in [6, 6.07) is 8.31. The van der Waals surface area contributed by atoms with Crippen molar-refractivity contribution >= 4 is 11.6 Å². The van der Waals surface area contributed by atoms with Crippen molar-refractivity contribution in [2.24, 2.45) is 0 Å². The number of alkyl halides is 3. The van der Waals surface area contributed by atoms with Crippen LogP contribution in [0.3, 0.4) is 0 Å². The molecular formula is C17H14F3N5O. The van der Waals surface area contributed by atoms with E-state index < -0.39 is 23.3 Å². The highest BCUT2D eigenvalue weighted by atomic mass is 19.4. The van der Waals surface area contributed by atoms with Crippen LogP contribution in [-0.4, -0.2) is 26.1 Å². The molecule has 134 valence electrons. The number of rotatable bonds is 3. The average molecular weight is 361 g/mol. The molecule has 2 N–H and O–H groups in total. The van der Waals surface area contributed by atoms with Crippen LogP contribution in [0.25, 0.3) is 11.4 Å². The number of benzene rings is 1. The molecule has 3 aromatic rings. The minimum absolute atomic E-state index is 0.0352. The molecule has 9 heteroatoms. The van der Waals surface area contributed by atoms with E-state index in [0.29, 0.717) is 17.1 Å². The standard InChI is InChI=1S/C17H14F3N5O/c1-9-6-7-21-15(22-9)11-4-3-5-12(8-11)23-16(26)13-10(2)24-25-14(13)17(18,19)20/h3-8H,1-2H3,(H,23,26)(H,24,25). The van der Waals surface area contributed by atoms with Gasteiger partial charge in [0, 0.05) is 28.8 Å². The molecule has 0 aliphatic carbocycles. The Morgan fingerprint density at radius 3 is 2.65 bits per heavy atom. The van der Waals surface area contributed by atoms with Crippen LogP contribution < -0.4 is 5.32 Å². The maximum absolute atomic E-state index is 13.0. The second-order valence-electron chi connectivity index (χ2n) is 5.63. The number of carbonyl (C=O) groups is 1. The second kappa shape index (κ2) is 6.58. The van der Waals surface area contributed by atoms with E-state index in [1.807, 2.05) is 6.92 Å². The van der Waals surface area contributed by atoms with E-state index in [1.165, 1.54) is 6.92 Å². The molecule has 0 atom stereocenters. The van der Waals surface area contributed by atoms with E-state index in [4.69, 9.17) is 0 Å². The van der Waals surface area contributed by atoms with Gasteiger partial charge in [0.15, 0.2) is 11.5 Å². The first-order valence-corrected chi connectivity index (χ1v) is 7.59. The highest BCUT2D eigenvalue weighted by Crippen LogP contribution is 2.32. The first-order chi connectivity index (χ1) is 12.3.